The number of anilines is 1. The Morgan fingerprint density at radius 1 is 1.05 bits per heavy atom. The molecule has 2 fully saturated rings. The fraction of sp³-hybridized carbons (Fsp3) is 0.536. The number of carbonyl (C=O) groups excluding carboxylic acids is 3. The Morgan fingerprint density at radius 3 is 2.63 bits per heavy atom. The highest BCUT2D eigenvalue weighted by molar-refractivity contribution is 5.92. The van der Waals surface area contributed by atoms with Gasteiger partial charge in [0.25, 0.3) is 5.91 Å². The Balaban J connectivity index is 1.43. The van der Waals surface area contributed by atoms with Gasteiger partial charge in [0, 0.05) is 37.3 Å². The van der Waals surface area contributed by atoms with Gasteiger partial charge >= 0.3 is 0 Å². The number of hydrogen-bond acceptors (Lipinski definition) is 7. The number of amides is 3. The quantitative estimate of drug-likeness (QED) is 0.582. The van der Waals surface area contributed by atoms with Crippen molar-refractivity contribution in [2.24, 2.45) is 5.92 Å². The van der Waals surface area contributed by atoms with Crippen molar-refractivity contribution in [3.8, 4) is 17.1 Å². The van der Waals surface area contributed by atoms with Crippen molar-refractivity contribution in [2.45, 2.75) is 64.0 Å². The maximum Gasteiger partial charge on any atom is 0.272 e. The zero-order valence-electron chi connectivity index (χ0n) is 22.1. The van der Waals surface area contributed by atoms with Gasteiger partial charge < -0.3 is 25.6 Å². The molecular weight excluding hydrogens is 484 g/mol. The van der Waals surface area contributed by atoms with E-state index in [4.69, 9.17) is 10.5 Å². The van der Waals surface area contributed by atoms with E-state index in [-0.39, 0.29) is 29.7 Å². The molecule has 3 amide bonds. The summed E-state index contributed by atoms with van der Waals surface area (Å²) >= 11 is 0. The van der Waals surface area contributed by atoms with Crippen molar-refractivity contribution < 1.29 is 19.1 Å². The second kappa shape index (κ2) is 11.0. The average Bonchev–Trinajstić information content (AvgIpc) is 3.65. The van der Waals surface area contributed by atoms with Crippen LogP contribution in [0.2, 0.25) is 0 Å². The summed E-state index contributed by atoms with van der Waals surface area (Å²) in [5, 5.41) is 3.02. The molecule has 202 valence electrons. The van der Waals surface area contributed by atoms with Crippen LogP contribution in [0.5, 0.6) is 5.75 Å². The summed E-state index contributed by atoms with van der Waals surface area (Å²) in [7, 11) is 1.75. The number of fused-ring (bicyclic) bond motifs is 10. The number of nitrogens with zero attached hydrogens (tertiary/aromatic N) is 4. The lowest BCUT2D eigenvalue weighted by Gasteiger charge is -2.29. The van der Waals surface area contributed by atoms with Crippen LogP contribution in [0.15, 0.2) is 24.3 Å². The predicted octanol–water partition coefficient (Wildman–Crippen LogP) is 2.55. The molecule has 0 radical (unpaired) electrons. The maximum absolute atomic E-state index is 13.6. The Morgan fingerprint density at radius 2 is 1.87 bits per heavy atom. The van der Waals surface area contributed by atoms with Crippen LogP contribution in [-0.2, 0) is 9.59 Å². The van der Waals surface area contributed by atoms with E-state index in [9.17, 15) is 14.4 Å². The standard InChI is InChI=1S/C28H36N6O4/c1-17-14-23-27(36)33(2)12-4-3-7-22(32-26(35)18-8-9-18)28(37)34-13-5-6-20(34)16-38-24-11-10-19(15-21(24)29)25(30-17)31-23/h10-11,14-15,18,20,22H,3-9,12-13,16,29H2,1-2H3,(H,32,35)/t20-,22-/m0/s1. The molecule has 1 aliphatic carbocycles. The lowest BCUT2D eigenvalue weighted by atomic mass is 10.1. The van der Waals surface area contributed by atoms with Crippen molar-refractivity contribution in [3.05, 3.63) is 35.7 Å². The first-order valence-electron chi connectivity index (χ1n) is 13.5. The van der Waals surface area contributed by atoms with Crippen molar-refractivity contribution in [1.82, 2.24) is 25.1 Å². The molecule has 1 aromatic carbocycles. The molecule has 6 rings (SSSR count). The fourth-order valence-corrected chi connectivity index (χ4v) is 5.20. The van der Waals surface area contributed by atoms with E-state index >= 15 is 0 Å². The third kappa shape index (κ3) is 5.74. The lowest BCUT2D eigenvalue weighted by molar-refractivity contribution is -0.138. The molecule has 4 heterocycles. The van der Waals surface area contributed by atoms with Gasteiger partial charge in [-0.05, 0) is 76.1 Å². The smallest absolute Gasteiger partial charge is 0.272 e. The summed E-state index contributed by atoms with van der Waals surface area (Å²) in [5.41, 5.74) is 8.46. The largest absolute Gasteiger partial charge is 0.489 e. The van der Waals surface area contributed by atoms with Crippen LogP contribution in [0.4, 0.5) is 5.69 Å². The first-order chi connectivity index (χ1) is 18.3. The van der Waals surface area contributed by atoms with Gasteiger partial charge in [-0.3, -0.25) is 14.4 Å². The van der Waals surface area contributed by atoms with E-state index in [2.05, 4.69) is 15.3 Å². The number of aryl methyl sites for hydroxylation is 1. The summed E-state index contributed by atoms with van der Waals surface area (Å²) in [6.45, 7) is 3.30. The van der Waals surface area contributed by atoms with Gasteiger partial charge in [-0.25, -0.2) is 9.97 Å². The molecule has 3 aliphatic heterocycles. The number of nitrogen functional groups attached to an aromatic ring is 1. The van der Waals surface area contributed by atoms with Crippen molar-refractivity contribution in [2.75, 3.05) is 32.5 Å². The highest BCUT2D eigenvalue weighted by Crippen LogP contribution is 2.31. The summed E-state index contributed by atoms with van der Waals surface area (Å²) in [4.78, 5) is 51.9. The average molecular weight is 521 g/mol. The number of benzene rings is 1. The van der Waals surface area contributed by atoms with E-state index in [1.54, 1.807) is 30.1 Å². The normalized spacial score (nSPS) is 22.8. The van der Waals surface area contributed by atoms with Gasteiger partial charge in [-0.2, -0.15) is 0 Å². The monoisotopic (exact) mass is 520 g/mol. The minimum atomic E-state index is -0.580. The fourth-order valence-electron chi connectivity index (χ4n) is 5.20. The Bertz CT molecular complexity index is 1230. The molecule has 3 N–H and O–H groups in total. The molecule has 2 atom stereocenters. The zero-order chi connectivity index (χ0) is 26.8. The zero-order valence-corrected chi connectivity index (χ0v) is 22.1. The van der Waals surface area contributed by atoms with Gasteiger partial charge in [0.15, 0.2) is 5.82 Å². The van der Waals surface area contributed by atoms with Crippen LogP contribution < -0.4 is 15.8 Å². The minimum Gasteiger partial charge on any atom is -0.489 e. The molecule has 2 aromatic rings. The van der Waals surface area contributed by atoms with Crippen molar-refractivity contribution in [3.63, 3.8) is 0 Å². The van der Waals surface area contributed by atoms with Gasteiger partial charge in [0.05, 0.1) is 11.7 Å². The minimum absolute atomic E-state index is 0.0217. The van der Waals surface area contributed by atoms with Crippen LogP contribution >= 0.6 is 0 Å². The number of ether oxygens (including phenoxy) is 1. The van der Waals surface area contributed by atoms with E-state index in [1.807, 2.05) is 17.9 Å². The number of carbonyl (C=O) groups is 3. The SMILES string of the molecule is Cc1cc2nc(n1)-c1ccc(c(N)c1)OC[C@@H]1CCCN1C(=O)[C@@H](NC(=O)C1CC1)CCCCN(C)C2=O. The summed E-state index contributed by atoms with van der Waals surface area (Å²) < 4.78 is 6.08. The van der Waals surface area contributed by atoms with E-state index < -0.39 is 6.04 Å². The maximum atomic E-state index is 13.6. The van der Waals surface area contributed by atoms with Crippen LogP contribution in [-0.4, -0.2) is 76.3 Å². The Labute approximate surface area is 222 Å². The van der Waals surface area contributed by atoms with Gasteiger partial charge in [-0.15, -0.1) is 0 Å². The number of hydrogen-bond donors (Lipinski definition) is 2. The molecular formula is C28H36N6O4. The van der Waals surface area contributed by atoms with Crippen LogP contribution in [0.3, 0.4) is 0 Å². The van der Waals surface area contributed by atoms with Crippen molar-refractivity contribution >= 4 is 23.4 Å². The summed E-state index contributed by atoms with van der Waals surface area (Å²) in [5.74, 6) is 0.680. The first-order valence-corrected chi connectivity index (χ1v) is 13.5. The molecule has 0 unspecified atom stereocenters. The molecule has 4 aliphatic rings. The topological polar surface area (TPSA) is 131 Å². The highest BCUT2D eigenvalue weighted by atomic mass is 16.5. The number of aromatic nitrogens is 2. The third-order valence-electron chi connectivity index (χ3n) is 7.58. The van der Waals surface area contributed by atoms with Gasteiger partial charge in [0.1, 0.15) is 24.1 Å². The molecule has 1 saturated heterocycles. The number of rotatable bonds is 2. The molecule has 4 bridgehead atoms. The van der Waals surface area contributed by atoms with E-state index in [0.717, 1.165) is 25.7 Å². The first kappa shape index (κ1) is 25.9. The number of nitrogens with two attached hydrogens (primary N) is 1. The van der Waals surface area contributed by atoms with Crippen LogP contribution in [0.1, 0.15) is 61.1 Å². The van der Waals surface area contributed by atoms with E-state index in [1.165, 1.54) is 0 Å². The van der Waals surface area contributed by atoms with Gasteiger partial charge in [0.2, 0.25) is 11.8 Å². The molecule has 38 heavy (non-hydrogen) atoms. The molecule has 1 saturated carbocycles. The Kier molecular flexibility index (Phi) is 7.49. The molecule has 0 spiro atoms. The van der Waals surface area contributed by atoms with Crippen LogP contribution in [0, 0.1) is 12.8 Å². The molecule has 1 aromatic heterocycles. The second-order valence-electron chi connectivity index (χ2n) is 10.7. The van der Waals surface area contributed by atoms with Crippen LogP contribution in [0.25, 0.3) is 11.4 Å². The third-order valence-corrected chi connectivity index (χ3v) is 7.58. The predicted molar refractivity (Wildman–Crippen MR) is 142 cm³/mol. The van der Waals surface area contributed by atoms with E-state index in [0.29, 0.717) is 73.2 Å². The summed E-state index contributed by atoms with van der Waals surface area (Å²) in [6.07, 6.45) is 5.40. The lowest BCUT2D eigenvalue weighted by Crippen LogP contribution is -2.51. The number of nitrogens with one attached hydrogen (secondary N) is 1. The Hall–Kier alpha value is -3.69. The summed E-state index contributed by atoms with van der Waals surface area (Å²) in [6, 6.07) is 6.36. The molecule has 10 nitrogen and oxygen atoms in total. The van der Waals surface area contributed by atoms with Gasteiger partial charge in [-0.1, -0.05) is 0 Å². The molecule has 10 heteroatoms. The van der Waals surface area contributed by atoms with Crippen molar-refractivity contribution in [1.29, 1.82) is 0 Å². The second-order valence-corrected chi connectivity index (χ2v) is 10.7. The highest BCUT2D eigenvalue weighted by Gasteiger charge is 2.37.